The van der Waals surface area contributed by atoms with Gasteiger partial charge in [-0.05, 0) is 68.2 Å². The monoisotopic (exact) mass is 351 g/mol. The number of hydrogen-bond acceptors (Lipinski definition) is 2. The lowest BCUT2D eigenvalue weighted by Crippen LogP contribution is -2.35. The Kier molecular flexibility index (Phi) is 4.71. The SMILES string of the molecule is O=C(NC1CCCNCC1)c1ccc(-c2c[nH]c3cc(F)ccc23)cc1. The van der Waals surface area contributed by atoms with E-state index in [-0.39, 0.29) is 17.8 Å². The fraction of sp³-hybridized carbons (Fsp3) is 0.286. The van der Waals surface area contributed by atoms with E-state index in [2.05, 4.69) is 15.6 Å². The topological polar surface area (TPSA) is 56.9 Å². The molecule has 1 aliphatic rings. The molecular weight excluding hydrogens is 329 g/mol. The summed E-state index contributed by atoms with van der Waals surface area (Å²) in [6.45, 7) is 1.97. The highest BCUT2D eigenvalue weighted by molar-refractivity contribution is 5.97. The van der Waals surface area contributed by atoms with Gasteiger partial charge in [0.15, 0.2) is 0 Å². The van der Waals surface area contributed by atoms with Gasteiger partial charge in [0.05, 0.1) is 0 Å². The Morgan fingerprint density at radius 1 is 1.08 bits per heavy atom. The van der Waals surface area contributed by atoms with Gasteiger partial charge < -0.3 is 15.6 Å². The summed E-state index contributed by atoms with van der Waals surface area (Å²) in [5.41, 5.74) is 3.43. The lowest BCUT2D eigenvalue weighted by Gasteiger charge is -2.16. The zero-order chi connectivity index (χ0) is 17.9. The van der Waals surface area contributed by atoms with Crippen LogP contribution in [0, 0.1) is 5.82 Å². The predicted octanol–water partition coefficient (Wildman–Crippen LogP) is 3.85. The molecule has 4 rings (SSSR count). The fourth-order valence-corrected chi connectivity index (χ4v) is 3.57. The molecule has 0 radical (unpaired) electrons. The minimum absolute atomic E-state index is 0.0237. The van der Waals surface area contributed by atoms with E-state index in [0.717, 1.165) is 54.4 Å². The van der Waals surface area contributed by atoms with Gasteiger partial charge in [0.25, 0.3) is 5.91 Å². The van der Waals surface area contributed by atoms with Crippen molar-refractivity contribution in [2.45, 2.75) is 25.3 Å². The lowest BCUT2D eigenvalue weighted by atomic mass is 10.0. The molecule has 1 amide bonds. The highest BCUT2D eigenvalue weighted by atomic mass is 19.1. The first kappa shape index (κ1) is 16.8. The van der Waals surface area contributed by atoms with Gasteiger partial charge in [-0.3, -0.25) is 4.79 Å². The van der Waals surface area contributed by atoms with Crippen LogP contribution in [-0.4, -0.2) is 30.0 Å². The van der Waals surface area contributed by atoms with Crippen molar-refractivity contribution < 1.29 is 9.18 Å². The summed E-state index contributed by atoms with van der Waals surface area (Å²) in [6.07, 6.45) is 4.95. The zero-order valence-electron chi connectivity index (χ0n) is 14.5. The van der Waals surface area contributed by atoms with Gasteiger partial charge in [-0.25, -0.2) is 4.39 Å². The number of rotatable bonds is 3. The third-order valence-corrected chi connectivity index (χ3v) is 5.01. The smallest absolute Gasteiger partial charge is 0.251 e. The highest BCUT2D eigenvalue weighted by Crippen LogP contribution is 2.29. The van der Waals surface area contributed by atoms with Gasteiger partial charge in [0.1, 0.15) is 5.82 Å². The molecule has 4 nitrogen and oxygen atoms in total. The van der Waals surface area contributed by atoms with Crippen molar-refractivity contribution in [2.75, 3.05) is 13.1 Å². The van der Waals surface area contributed by atoms with Crippen LogP contribution in [0.15, 0.2) is 48.7 Å². The van der Waals surface area contributed by atoms with Crippen molar-refractivity contribution in [3.63, 3.8) is 0 Å². The number of carbonyl (C=O) groups is 1. The Balaban J connectivity index is 1.51. The number of H-pyrrole nitrogens is 1. The molecule has 1 aliphatic heterocycles. The average molecular weight is 351 g/mol. The van der Waals surface area contributed by atoms with E-state index < -0.39 is 0 Å². The maximum absolute atomic E-state index is 13.3. The Morgan fingerprint density at radius 2 is 1.92 bits per heavy atom. The van der Waals surface area contributed by atoms with Crippen molar-refractivity contribution in [3.05, 3.63) is 60.0 Å². The van der Waals surface area contributed by atoms with Gasteiger partial charge in [-0.2, -0.15) is 0 Å². The molecule has 0 aliphatic carbocycles. The molecule has 1 unspecified atom stereocenters. The Labute approximate surface area is 151 Å². The van der Waals surface area contributed by atoms with Gasteiger partial charge >= 0.3 is 0 Å². The number of benzene rings is 2. The second-order valence-electron chi connectivity index (χ2n) is 6.82. The Morgan fingerprint density at radius 3 is 2.77 bits per heavy atom. The molecule has 3 aromatic rings. The van der Waals surface area contributed by atoms with E-state index in [1.165, 1.54) is 12.1 Å². The van der Waals surface area contributed by atoms with Crippen LogP contribution in [0.25, 0.3) is 22.0 Å². The van der Waals surface area contributed by atoms with Crippen LogP contribution in [0.5, 0.6) is 0 Å². The van der Waals surface area contributed by atoms with Crippen molar-refractivity contribution in [1.29, 1.82) is 0 Å². The normalized spacial score (nSPS) is 17.8. The standard InChI is InChI=1S/C21H22FN3O/c22-16-7-8-18-19(13-24-20(18)12-16)14-3-5-15(6-4-14)21(26)25-17-2-1-10-23-11-9-17/h3-8,12-13,17,23-24H,1-2,9-11H2,(H,25,26). The molecule has 1 fully saturated rings. The molecule has 0 saturated carbocycles. The third-order valence-electron chi connectivity index (χ3n) is 5.01. The summed E-state index contributed by atoms with van der Waals surface area (Å²) < 4.78 is 13.3. The van der Waals surface area contributed by atoms with E-state index in [1.54, 1.807) is 6.07 Å². The van der Waals surface area contributed by atoms with Crippen molar-refractivity contribution in [1.82, 2.24) is 15.6 Å². The molecule has 2 heterocycles. The summed E-state index contributed by atoms with van der Waals surface area (Å²) in [5, 5.41) is 7.46. The minimum atomic E-state index is -0.258. The highest BCUT2D eigenvalue weighted by Gasteiger charge is 2.16. The average Bonchev–Trinajstić information content (AvgIpc) is 2.89. The maximum Gasteiger partial charge on any atom is 0.251 e. The number of aromatic amines is 1. The molecule has 2 aromatic carbocycles. The molecule has 1 saturated heterocycles. The van der Waals surface area contributed by atoms with Crippen molar-refractivity contribution in [2.24, 2.45) is 0 Å². The van der Waals surface area contributed by atoms with E-state index in [0.29, 0.717) is 5.56 Å². The van der Waals surface area contributed by atoms with E-state index in [9.17, 15) is 9.18 Å². The summed E-state index contributed by atoms with van der Waals surface area (Å²) >= 11 is 0. The number of fused-ring (bicyclic) bond motifs is 1. The Bertz CT molecular complexity index is 909. The fourth-order valence-electron chi connectivity index (χ4n) is 3.57. The first-order valence-electron chi connectivity index (χ1n) is 9.09. The molecule has 0 spiro atoms. The third kappa shape index (κ3) is 3.48. The number of carbonyl (C=O) groups excluding carboxylic acids is 1. The van der Waals surface area contributed by atoms with Crippen LogP contribution in [-0.2, 0) is 0 Å². The van der Waals surface area contributed by atoms with E-state index in [1.807, 2.05) is 30.5 Å². The summed E-state index contributed by atoms with van der Waals surface area (Å²) in [7, 11) is 0. The molecule has 1 atom stereocenters. The molecule has 134 valence electrons. The van der Waals surface area contributed by atoms with Gasteiger partial charge in [-0.1, -0.05) is 12.1 Å². The number of halogens is 1. The molecular formula is C21H22FN3O. The van der Waals surface area contributed by atoms with E-state index >= 15 is 0 Å². The first-order chi connectivity index (χ1) is 12.7. The predicted molar refractivity (Wildman–Crippen MR) is 102 cm³/mol. The zero-order valence-corrected chi connectivity index (χ0v) is 14.5. The van der Waals surface area contributed by atoms with Crippen LogP contribution in [0.3, 0.4) is 0 Å². The van der Waals surface area contributed by atoms with Crippen LogP contribution in [0.1, 0.15) is 29.6 Å². The summed E-state index contributed by atoms with van der Waals surface area (Å²) in [4.78, 5) is 15.6. The minimum Gasteiger partial charge on any atom is -0.360 e. The van der Waals surface area contributed by atoms with Crippen LogP contribution < -0.4 is 10.6 Å². The number of nitrogens with one attached hydrogen (secondary N) is 3. The van der Waals surface area contributed by atoms with Gasteiger partial charge in [-0.15, -0.1) is 0 Å². The summed E-state index contributed by atoms with van der Waals surface area (Å²) in [6, 6.07) is 12.5. The number of aromatic nitrogens is 1. The second kappa shape index (κ2) is 7.30. The number of amides is 1. The molecule has 26 heavy (non-hydrogen) atoms. The first-order valence-corrected chi connectivity index (χ1v) is 9.09. The van der Waals surface area contributed by atoms with E-state index in [4.69, 9.17) is 0 Å². The molecule has 0 bridgehead atoms. The van der Waals surface area contributed by atoms with Crippen molar-refractivity contribution in [3.8, 4) is 11.1 Å². The van der Waals surface area contributed by atoms with Gasteiger partial charge in [0, 0.05) is 34.3 Å². The van der Waals surface area contributed by atoms with Crippen LogP contribution in [0.4, 0.5) is 4.39 Å². The van der Waals surface area contributed by atoms with Crippen molar-refractivity contribution >= 4 is 16.8 Å². The molecule has 5 heteroatoms. The second-order valence-corrected chi connectivity index (χ2v) is 6.82. The maximum atomic E-state index is 13.3. The van der Waals surface area contributed by atoms with Crippen LogP contribution >= 0.6 is 0 Å². The van der Waals surface area contributed by atoms with Crippen LogP contribution in [0.2, 0.25) is 0 Å². The largest absolute Gasteiger partial charge is 0.360 e. The Hall–Kier alpha value is -2.66. The van der Waals surface area contributed by atoms with Gasteiger partial charge in [0.2, 0.25) is 0 Å². The quantitative estimate of drug-likeness (QED) is 0.671. The molecule has 3 N–H and O–H groups in total. The lowest BCUT2D eigenvalue weighted by molar-refractivity contribution is 0.0934. The number of hydrogen-bond donors (Lipinski definition) is 3. The molecule has 1 aromatic heterocycles. The summed E-state index contributed by atoms with van der Waals surface area (Å²) in [5.74, 6) is -0.281.